The molecular formula is C17H18N2O5. The highest BCUT2D eigenvalue weighted by Gasteiger charge is 2.21. The molecular weight excluding hydrogens is 312 g/mol. The van der Waals surface area contributed by atoms with Crippen molar-refractivity contribution < 1.29 is 19.2 Å². The number of carbonyl (C=O) groups is 1. The van der Waals surface area contributed by atoms with Crippen LogP contribution in [0.2, 0.25) is 0 Å². The molecule has 24 heavy (non-hydrogen) atoms. The van der Waals surface area contributed by atoms with Gasteiger partial charge >= 0.3 is 5.69 Å². The number of carbonyl (C=O) groups excluding carboxylic acids is 1. The summed E-state index contributed by atoms with van der Waals surface area (Å²) in [6, 6.07) is 12.9. The lowest BCUT2D eigenvalue weighted by molar-refractivity contribution is -0.386. The van der Waals surface area contributed by atoms with Crippen LogP contribution in [-0.4, -0.2) is 23.5 Å². The fraction of sp³-hybridized carbons (Fsp3) is 0.235. The lowest BCUT2D eigenvalue weighted by atomic mass is 10.2. The first-order chi connectivity index (χ1) is 11.5. The zero-order valence-electron chi connectivity index (χ0n) is 13.4. The highest BCUT2D eigenvalue weighted by Crippen LogP contribution is 2.28. The molecule has 0 aliphatic rings. The Morgan fingerprint density at radius 3 is 2.46 bits per heavy atom. The average Bonchev–Trinajstić information content (AvgIpc) is 2.57. The number of benzene rings is 2. The van der Waals surface area contributed by atoms with Gasteiger partial charge in [-0.2, -0.15) is 0 Å². The molecule has 0 spiro atoms. The summed E-state index contributed by atoms with van der Waals surface area (Å²) in [6.45, 7) is 3.84. The summed E-state index contributed by atoms with van der Waals surface area (Å²) >= 11 is 0. The minimum Gasteiger partial charge on any atom is -0.492 e. The van der Waals surface area contributed by atoms with Gasteiger partial charge in [0.1, 0.15) is 5.75 Å². The number of nitro groups is 1. The third-order valence-electron chi connectivity index (χ3n) is 3.18. The first-order valence-corrected chi connectivity index (χ1v) is 7.45. The van der Waals surface area contributed by atoms with Crippen LogP contribution in [0.15, 0.2) is 48.5 Å². The molecule has 126 valence electrons. The Bertz CT molecular complexity index is 732. The quantitative estimate of drug-likeness (QED) is 0.620. The van der Waals surface area contributed by atoms with E-state index in [0.717, 1.165) is 0 Å². The molecule has 0 heterocycles. The topological polar surface area (TPSA) is 90.7 Å². The van der Waals surface area contributed by atoms with Gasteiger partial charge in [0.15, 0.2) is 11.9 Å². The number of amides is 1. The smallest absolute Gasteiger partial charge is 0.310 e. The molecule has 7 nitrogen and oxygen atoms in total. The lowest BCUT2D eigenvalue weighted by Crippen LogP contribution is -2.30. The van der Waals surface area contributed by atoms with Gasteiger partial charge in [-0.15, -0.1) is 0 Å². The fourth-order valence-electron chi connectivity index (χ4n) is 2.04. The monoisotopic (exact) mass is 330 g/mol. The summed E-state index contributed by atoms with van der Waals surface area (Å²) in [5.41, 5.74) is 0.328. The van der Waals surface area contributed by atoms with Gasteiger partial charge in [-0.1, -0.05) is 24.3 Å². The predicted octanol–water partition coefficient (Wildman–Crippen LogP) is 3.40. The van der Waals surface area contributed by atoms with Gasteiger partial charge in [-0.3, -0.25) is 14.9 Å². The van der Waals surface area contributed by atoms with Crippen molar-refractivity contribution in [3.05, 3.63) is 58.6 Å². The molecule has 0 unspecified atom stereocenters. The molecule has 0 saturated carbocycles. The van der Waals surface area contributed by atoms with Gasteiger partial charge in [0.2, 0.25) is 0 Å². The molecule has 2 rings (SSSR count). The van der Waals surface area contributed by atoms with Gasteiger partial charge in [0.25, 0.3) is 5.91 Å². The van der Waals surface area contributed by atoms with E-state index in [9.17, 15) is 14.9 Å². The predicted molar refractivity (Wildman–Crippen MR) is 89.4 cm³/mol. The summed E-state index contributed by atoms with van der Waals surface area (Å²) in [5.74, 6) is 0.162. The Morgan fingerprint density at radius 2 is 1.79 bits per heavy atom. The van der Waals surface area contributed by atoms with E-state index in [2.05, 4.69) is 5.32 Å². The Morgan fingerprint density at radius 1 is 1.17 bits per heavy atom. The number of hydrogen-bond donors (Lipinski definition) is 1. The van der Waals surface area contributed by atoms with E-state index in [1.54, 1.807) is 30.3 Å². The molecule has 0 aliphatic carbocycles. The highest BCUT2D eigenvalue weighted by atomic mass is 16.6. The summed E-state index contributed by atoms with van der Waals surface area (Å²) in [6.07, 6.45) is -0.916. The zero-order chi connectivity index (χ0) is 17.5. The minimum atomic E-state index is -0.916. The Hall–Kier alpha value is -3.09. The highest BCUT2D eigenvalue weighted by molar-refractivity contribution is 5.95. The third-order valence-corrected chi connectivity index (χ3v) is 3.18. The van der Waals surface area contributed by atoms with Crippen LogP contribution in [0.3, 0.4) is 0 Å². The molecule has 0 bridgehead atoms. The van der Waals surface area contributed by atoms with Crippen LogP contribution in [0.5, 0.6) is 11.5 Å². The first kappa shape index (κ1) is 17.3. The molecule has 0 aromatic heterocycles. The van der Waals surface area contributed by atoms with Gasteiger partial charge in [0, 0.05) is 6.07 Å². The number of anilines is 1. The molecule has 1 atom stereocenters. The molecule has 1 amide bonds. The number of para-hydroxylation sites is 4. The maximum atomic E-state index is 12.3. The SMILES string of the molecule is CCOc1ccccc1NC(=O)[C@H](C)Oc1ccccc1[N+](=O)[O-]. The van der Waals surface area contributed by atoms with Crippen molar-refractivity contribution in [2.24, 2.45) is 0 Å². The number of hydrogen-bond acceptors (Lipinski definition) is 5. The van der Waals surface area contributed by atoms with Crippen molar-refractivity contribution in [3.8, 4) is 11.5 Å². The number of ether oxygens (including phenoxy) is 2. The number of nitrogens with zero attached hydrogens (tertiary/aromatic N) is 1. The molecule has 2 aromatic carbocycles. The van der Waals surface area contributed by atoms with Crippen LogP contribution in [-0.2, 0) is 4.79 Å². The largest absolute Gasteiger partial charge is 0.492 e. The van der Waals surface area contributed by atoms with Crippen LogP contribution in [0, 0.1) is 10.1 Å². The van der Waals surface area contributed by atoms with Crippen molar-refractivity contribution in [3.63, 3.8) is 0 Å². The minimum absolute atomic E-state index is 0.0447. The molecule has 7 heteroatoms. The van der Waals surface area contributed by atoms with Crippen molar-refractivity contribution >= 4 is 17.3 Å². The molecule has 1 N–H and O–H groups in total. The van der Waals surface area contributed by atoms with E-state index >= 15 is 0 Å². The average molecular weight is 330 g/mol. The van der Waals surface area contributed by atoms with Crippen molar-refractivity contribution in [1.29, 1.82) is 0 Å². The Balaban J connectivity index is 2.10. The van der Waals surface area contributed by atoms with Crippen LogP contribution < -0.4 is 14.8 Å². The van der Waals surface area contributed by atoms with E-state index in [4.69, 9.17) is 9.47 Å². The summed E-state index contributed by atoms with van der Waals surface area (Å²) in [4.78, 5) is 22.7. The summed E-state index contributed by atoms with van der Waals surface area (Å²) in [5, 5.41) is 13.7. The Kier molecular flexibility index (Phi) is 5.73. The maximum absolute atomic E-state index is 12.3. The van der Waals surface area contributed by atoms with Crippen molar-refractivity contribution in [1.82, 2.24) is 0 Å². The second kappa shape index (κ2) is 7.96. The summed E-state index contributed by atoms with van der Waals surface area (Å²) in [7, 11) is 0. The molecule has 0 aliphatic heterocycles. The van der Waals surface area contributed by atoms with Crippen LogP contribution in [0.25, 0.3) is 0 Å². The lowest BCUT2D eigenvalue weighted by Gasteiger charge is -2.16. The van der Waals surface area contributed by atoms with Crippen LogP contribution >= 0.6 is 0 Å². The number of nitrogens with one attached hydrogen (secondary N) is 1. The second-order valence-corrected chi connectivity index (χ2v) is 4.90. The third kappa shape index (κ3) is 4.22. The fourth-order valence-corrected chi connectivity index (χ4v) is 2.04. The van der Waals surface area contributed by atoms with E-state index in [1.807, 2.05) is 6.92 Å². The normalized spacial score (nSPS) is 11.4. The molecule has 2 aromatic rings. The molecule has 0 saturated heterocycles. The van der Waals surface area contributed by atoms with Crippen molar-refractivity contribution in [2.45, 2.75) is 20.0 Å². The standard InChI is InChI=1S/C17H18N2O5/c1-3-23-15-10-6-4-8-13(15)18-17(20)12(2)24-16-11-7-5-9-14(16)19(21)22/h4-12H,3H2,1-2H3,(H,18,20)/t12-/m0/s1. The molecule has 0 fully saturated rings. The van der Waals surface area contributed by atoms with Gasteiger partial charge < -0.3 is 14.8 Å². The van der Waals surface area contributed by atoms with Gasteiger partial charge in [-0.25, -0.2) is 0 Å². The van der Waals surface area contributed by atoms with Crippen LogP contribution in [0.4, 0.5) is 11.4 Å². The van der Waals surface area contributed by atoms with Gasteiger partial charge in [-0.05, 0) is 32.0 Å². The molecule has 0 radical (unpaired) electrons. The van der Waals surface area contributed by atoms with E-state index in [-0.39, 0.29) is 11.4 Å². The first-order valence-electron chi connectivity index (χ1n) is 7.45. The van der Waals surface area contributed by atoms with E-state index < -0.39 is 16.9 Å². The van der Waals surface area contributed by atoms with Gasteiger partial charge in [0.05, 0.1) is 17.2 Å². The number of nitro benzene ring substituents is 1. The van der Waals surface area contributed by atoms with E-state index in [0.29, 0.717) is 18.0 Å². The zero-order valence-corrected chi connectivity index (χ0v) is 13.4. The van der Waals surface area contributed by atoms with Crippen LogP contribution in [0.1, 0.15) is 13.8 Å². The summed E-state index contributed by atoms with van der Waals surface area (Å²) < 4.78 is 10.9. The Labute approximate surface area is 139 Å². The number of rotatable bonds is 7. The maximum Gasteiger partial charge on any atom is 0.310 e. The van der Waals surface area contributed by atoms with E-state index in [1.165, 1.54) is 25.1 Å². The second-order valence-electron chi connectivity index (χ2n) is 4.90. The van der Waals surface area contributed by atoms with Crippen molar-refractivity contribution in [2.75, 3.05) is 11.9 Å².